The van der Waals surface area contributed by atoms with Gasteiger partial charge in [-0.05, 0) is 24.3 Å². The molecule has 94 valence electrons. The van der Waals surface area contributed by atoms with E-state index in [9.17, 15) is 14.4 Å². The Morgan fingerprint density at radius 2 is 1.94 bits per heavy atom. The normalized spacial score (nSPS) is 22.7. The Kier molecular flexibility index (Phi) is 2.48. The van der Waals surface area contributed by atoms with E-state index < -0.39 is 17.4 Å². The Morgan fingerprint density at radius 1 is 1.22 bits per heavy atom. The minimum absolute atomic E-state index is 0.368. The Morgan fingerprint density at radius 3 is 2.56 bits per heavy atom. The third kappa shape index (κ3) is 1.42. The first-order valence-corrected chi connectivity index (χ1v) is 6.82. The largest absolute Gasteiger partial charge is 0.335 e. The number of imide groups is 2. The molecular formula is C12H12N2O3S. The summed E-state index contributed by atoms with van der Waals surface area (Å²) < 4.78 is 0. The number of anilines is 1. The number of carbonyl (C=O) groups excluding carboxylic acids is 3. The number of carbonyl (C=O) groups is 3. The fourth-order valence-electron chi connectivity index (χ4n) is 2.71. The minimum atomic E-state index is -1.02. The molecule has 4 amide bonds. The van der Waals surface area contributed by atoms with E-state index in [1.165, 1.54) is 11.3 Å². The van der Waals surface area contributed by atoms with Gasteiger partial charge >= 0.3 is 6.03 Å². The second kappa shape index (κ2) is 3.91. The average Bonchev–Trinajstić information content (AvgIpc) is 2.99. The van der Waals surface area contributed by atoms with Crippen LogP contribution in [0.15, 0.2) is 16.8 Å². The lowest BCUT2D eigenvalue weighted by Crippen LogP contribution is -2.63. The average molecular weight is 264 g/mol. The van der Waals surface area contributed by atoms with Gasteiger partial charge in [-0.15, -0.1) is 0 Å². The van der Waals surface area contributed by atoms with Crippen molar-refractivity contribution in [1.82, 2.24) is 5.32 Å². The van der Waals surface area contributed by atoms with Crippen LogP contribution in [0.3, 0.4) is 0 Å². The second-order valence-electron chi connectivity index (χ2n) is 4.67. The van der Waals surface area contributed by atoms with Gasteiger partial charge in [0.05, 0.1) is 5.69 Å². The first-order valence-electron chi connectivity index (χ1n) is 5.87. The molecule has 1 aliphatic carbocycles. The molecule has 5 nitrogen and oxygen atoms in total. The number of barbiturate groups is 1. The summed E-state index contributed by atoms with van der Waals surface area (Å²) >= 11 is 1.41. The van der Waals surface area contributed by atoms with Crippen molar-refractivity contribution in [2.45, 2.75) is 25.7 Å². The molecule has 1 saturated carbocycles. The molecular weight excluding hydrogens is 252 g/mol. The summed E-state index contributed by atoms with van der Waals surface area (Å²) in [6.45, 7) is 0. The third-order valence-electron chi connectivity index (χ3n) is 3.69. The third-order valence-corrected chi connectivity index (χ3v) is 4.36. The molecule has 1 aliphatic heterocycles. The van der Waals surface area contributed by atoms with Gasteiger partial charge in [-0.25, -0.2) is 9.69 Å². The van der Waals surface area contributed by atoms with E-state index in [1.807, 2.05) is 0 Å². The van der Waals surface area contributed by atoms with Gasteiger partial charge in [-0.1, -0.05) is 12.8 Å². The Hall–Kier alpha value is -1.69. The highest BCUT2D eigenvalue weighted by atomic mass is 32.1. The molecule has 1 aromatic rings. The fourth-order valence-corrected chi connectivity index (χ4v) is 3.33. The topological polar surface area (TPSA) is 66.5 Å². The molecule has 1 saturated heterocycles. The van der Waals surface area contributed by atoms with E-state index >= 15 is 0 Å². The van der Waals surface area contributed by atoms with E-state index in [0.29, 0.717) is 18.5 Å². The van der Waals surface area contributed by atoms with Gasteiger partial charge in [-0.2, -0.15) is 11.3 Å². The van der Waals surface area contributed by atoms with Crippen LogP contribution >= 0.6 is 11.3 Å². The molecule has 18 heavy (non-hydrogen) atoms. The Labute approximate surface area is 108 Å². The van der Waals surface area contributed by atoms with Crippen LogP contribution in [0.4, 0.5) is 10.5 Å². The van der Waals surface area contributed by atoms with Crippen LogP contribution in [0.25, 0.3) is 0 Å². The SMILES string of the molecule is O=C1NC(=O)C2(CCCC2)C(=O)N1c1ccsc1. The summed E-state index contributed by atoms with van der Waals surface area (Å²) in [7, 11) is 0. The number of amides is 4. The summed E-state index contributed by atoms with van der Waals surface area (Å²) in [6, 6.07) is 1.07. The summed E-state index contributed by atoms with van der Waals surface area (Å²) in [5.41, 5.74) is -0.475. The smallest absolute Gasteiger partial charge is 0.276 e. The lowest BCUT2D eigenvalue weighted by Gasteiger charge is -2.36. The summed E-state index contributed by atoms with van der Waals surface area (Å²) in [6.07, 6.45) is 2.77. The predicted octanol–water partition coefficient (Wildman–Crippen LogP) is 1.89. The second-order valence-corrected chi connectivity index (χ2v) is 5.45. The molecule has 6 heteroatoms. The van der Waals surface area contributed by atoms with Gasteiger partial charge in [0, 0.05) is 5.38 Å². The number of urea groups is 1. The number of hydrogen-bond donors (Lipinski definition) is 1. The maximum absolute atomic E-state index is 12.5. The zero-order valence-corrected chi connectivity index (χ0v) is 10.5. The number of thiophene rings is 1. The maximum Gasteiger partial charge on any atom is 0.335 e. The lowest BCUT2D eigenvalue weighted by molar-refractivity contribution is -0.142. The van der Waals surface area contributed by atoms with Crippen LogP contribution in [-0.2, 0) is 9.59 Å². The minimum Gasteiger partial charge on any atom is -0.276 e. The first kappa shape index (κ1) is 11.4. The van der Waals surface area contributed by atoms with Crippen molar-refractivity contribution in [3.63, 3.8) is 0 Å². The molecule has 3 rings (SSSR count). The highest BCUT2D eigenvalue weighted by molar-refractivity contribution is 7.08. The molecule has 1 spiro atoms. The van der Waals surface area contributed by atoms with Crippen LogP contribution < -0.4 is 10.2 Å². The van der Waals surface area contributed by atoms with Gasteiger partial charge < -0.3 is 0 Å². The van der Waals surface area contributed by atoms with Crippen LogP contribution in [0.5, 0.6) is 0 Å². The molecule has 0 atom stereocenters. The van der Waals surface area contributed by atoms with Crippen LogP contribution in [0.1, 0.15) is 25.7 Å². The zero-order chi connectivity index (χ0) is 12.8. The monoisotopic (exact) mass is 264 g/mol. The standard InChI is InChI=1S/C12H12N2O3S/c15-9-12(4-1-2-5-12)10(16)14(11(17)13-9)8-3-6-18-7-8/h3,6-7H,1-2,4-5H2,(H,13,15,17). The number of nitrogens with one attached hydrogen (secondary N) is 1. The van der Waals surface area contributed by atoms with Crippen molar-refractivity contribution >= 4 is 34.9 Å². The maximum atomic E-state index is 12.5. The molecule has 2 aliphatic rings. The van der Waals surface area contributed by atoms with Gasteiger partial charge in [0.25, 0.3) is 5.91 Å². The van der Waals surface area contributed by atoms with E-state index in [0.717, 1.165) is 17.7 Å². The van der Waals surface area contributed by atoms with E-state index in [2.05, 4.69) is 5.32 Å². The Bertz CT molecular complexity index is 517. The molecule has 0 radical (unpaired) electrons. The first-order chi connectivity index (χ1) is 8.65. The van der Waals surface area contributed by atoms with Gasteiger partial charge in [-0.3, -0.25) is 14.9 Å². The summed E-state index contributed by atoms with van der Waals surface area (Å²) in [5.74, 6) is -0.798. The predicted molar refractivity (Wildman–Crippen MR) is 66.2 cm³/mol. The molecule has 0 unspecified atom stereocenters. The van der Waals surface area contributed by atoms with Crippen molar-refractivity contribution in [3.8, 4) is 0 Å². The highest BCUT2D eigenvalue weighted by Gasteiger charge is 2.55. The highest BCUT2D eigenvalue weighted by Crippen LogP contribution is 2.42. The van der Waals surface area contributed by atoms with Crippen molar-refractivity contribution in [3.05, 3.63) is 16.8 Å². The van der Waals surface area contributed by atoms with E-state index in [1.54, 1.807) is 16.8 Å². The van der Waals surface area contributed by atoms with E-state index in [-0.39, 0.29) is 5.91 Å². The van der Waals surface area contributed by atoms with Crippen molar-refractivity contribution in [1.29, 1.82) is 0 Å². The van der Waals surface area contributed by atoms with Gasteiger partial charge in [0.2, 0.25) is 5.91 Å². The molecule has 2 fully saturated rings. The number of hydrogen-bond acceptors (Lipinski definition) is 4. The Balaban J connectivity index is 2.03. The lowest BCUT2D eigenvalue weighted by atomic mass is 9.82. The molecule has 0 bridgehead atoms. The quantitative estimate of drug-likeness (QED) is 0.788. The summed E-state index contributed by atoms with van der Waals surface area (Å²) in [5, 5.41) is 5.84. The van der Waals surface area contributed by atoms with Crippen LogP contribution in [-0.4, -0.2) is 17.8 Å². The van der Waals surface area contributed by atoms with Crippen molar-refractivity contribution < 1.29 is 14.4 Å². The van der Waals surface area contributed by atoms with Crippen LogP contribution in [0, 0.1) is 5.41 Å². The molecule has 2 heterocycles. The molecule has 1 aromatic heterocycles. The van der Waals surface area contributed by atoms with Gasteiger partial charge in [0.1, 0.15) is 5.41 Å². The summed E-state index contributed by atoms with van der Waals surface area (Å²) in [4.78, 5) is 37.4. The number of nitrogens with zero attached hydrogens (tertiary/aromatic N) is 1. The van der Waals surface area contributed by atoms with Crippen molar-refractivity contribution in [2.75, 3.05) is 4.90 Å². The van der Waals surface area contributed by atoms with Crippen LogP contribution in [0.2, 0.25) is 0 Å². The molecule has 0 aromatic carbocycles. The fraction of sp³-hybridized carbons (Fsp3) is 0.417. The zero-order valence-electron chi connectivity index (χ0n) is 9.64. The molecule has 1 N–H and O–H groups in total. The van der Waals surface area contributed by atoms with Gasteiger partial charge in [0.15, 0.2) is 0 Å². The van der Waals surface area contributed by atoms with Crippen molar-refractivity contribution in [2.24, 2.45) is 5.41 Å². The van der Waals surface area contributed by atoms with E-state index in [4.69, 9.17) is 0 Å². The number of rotatable bonds is 1.